The highest BCUT2D eigenvalue weighted by atomic mass is 16.2. The lowest BCUT2D eigenvalue weighted by Crippen LogP contribution is -2.52. The van der Waals surface area contributed by atoms with Crippen molar-refractivity contribution in [3.05, 3.63) is 59.8 Å². The Balaban J connectivity index is 1.57. The molecule has 0 radical (unpaired) electrons. The minimum Gasteiger partial charge on any atom is -0.352 e. The standard InChI is InChI=1S/C19H21N5O/c1-15(16-6-3-2-4-7-16)22-19(25)24-12-10-23(11-13-24)18-17(14-20)8-5-9-21-18/h2-9,15H,10-13H2,1H3,(H,22,25). The minimum absolute atomic E-state index is 0.0345. The highest BCUT2D eigenvalue weighted by molar-refractivity contribution is 5.75. The van der Waals surface area contributed by atoms with Crippen molar-refractivity contribution in [1.29, 1.82) is 5.26 Å². The summed E-state index contributed by atoms with van der Waals surface area (Å²) in [5, 5.41) is 12.2. The number of benzene rings is 1. The van der Waals surface area contributed by atoms with Crippen molar-refractivity contribution < 1.29 is 4.79 Å². The SMILES string of the molecule is CC(NC(=O)N1CCN(c2ncccc2C#N)CC1)c1ccccc1. The first kappa shape index (κ1) is 16.8. The van der Waals surface area contributed by atoms with Crippen LogP contribution in [0.15, 0.2) is 48.7 Å². The second-order valence-electron chi connectivity index (χ2n) is 6.04. The van der Waals surface area contributed by atoms with E-state index in [0.717, 1.165) is 5.56 Å². The maximum Gasteiger partial charge on any atom is 0.317 e. The molecule has 1 N–H and O–H groups in total. The lowest BCUT2D eigenvalue weighted by molar-refractivity contribution is 0.191. The molecule has 2 amide bonds. The number of carbonyl (C=O) groups is 1. The highest BCUT2D eigenvalue weighted by Crippen LogP contribution is 2.18. The summed E-state index contributed by atoms with van der Waals surface area (Å²) in [6.07, 6.45) is 1.69. The molecule has 1 aromatic carbocycles. The van der Waals surface area contributed by atoms with Crippen molar-refractivity contribution in [1.82, 2.24) is 15.2 Å². The van der Waals surface area contributed by atoms with Crippen LogP contribution in [0.25, 0.3) is 0 Å². The Morgan fingerprint density at radius 1 is 1.16 bits per heavy atom. The average Bonchev–Trinajstić information content (AvgIpc) is 2.68. The van der Waals surface area contributed by atoms with Gasteiger partial charge in [0.1, 0.15) is 11.9 Å². The normalized spacial score (nSPS) is 15.4. The summed E-state index contributed by atoms with van der Waals surface area (Å²) in [6, 6.07) is 15.5. The van der Waals surface area contributed by atoms with E-state index in [-0.39, 0.29) is 12.1 Å². The molecule has 1 fully saturated rings. The number of urea groups is 1. The van der Waals surface area contributed by atoms with E-state index in [1.54, 1.807) is 18.3 Å². The van der Waals surface area contributed by atoms with Gasteiger partial charge in [-0.25, -0.2) is 9.78 Å². The van der Waals surface area contributed by atoms with E-state index in [2.05, 4.69) is 21.3 Å². The van der Waals surface area contributed by atoms with Crippen molar-refractivity contribution in [2.24, 2.45) is 0 Å². The van der Waals surface area contributed by atoms with Gasteiger partial charge in [0.25, 0.3) is 0 Å². The highest BCUT2D eigenvalue weighted by Gasteiger charge is 2.24. The van der Waals surface area contributed by atoms with E-state index in [1.807, 2.05) is 42.2 Å². The van der Waals surface area contributed by atoms with E-state index in [4.69, 9.17) is 0 Å². The molecule has 1 aliphatic heterocycles. The van der Waals surface area contributed by atoms with Crippen LogP contribution in [0.4, 0.5) is 10.6 Å². The fourth-order valence-electron chi connectivity index (χ4n) is 2.96. The number of amides is 2. The van der Waals surface area contributed by atoms with Crippen molar-refractivity contribution in [2.45, 2.75) is 13.0 Å². The smallest absolute Gasteiger partial charge is 0.317 e. The molecule has 6 nitrogen and oxygen atoms in total. The Morgan fingerprint density at radius 2 is 1.88 bits per heavy atom. The molecule has 6 heteroatoms. The second kappa shape index (κ2) is 7.67. The van der Waals surface area contributed by atoms with Gasteiger partial charge in [0.2, 0.25) is 0 Å². The van der Waals surface area contributed by atoms with Gasteiger partial charge in [0, 0.05) is 32.4 Å². The molecule has 0 spiro atoms. The fourth-order valence-corrected chi connectivity index (χ4v) is 2.96. The molecular weight excluding hydrogens is 314 g/mol. The number of nitrogens with one attached hydrogen (secondary N) is 1. The Morgan fingerprint density at radius 3 is 2.56 bits per heavy atom. The third kappa shape index (κ3) is 3.89. The molecule has 0 aliphatic carbocycles. The maximum absolute atomic E-state index is 12.5. The van der Waals surface area contributed by atoms with Gasteiger partial charge >= 0.3 is 6.03 Å². The molecular formula is C19H21N5O. The van der Waals surface area contributed by atoms with Crippen LogP contribution in [0.5, 0.6) is 0 Å². The van der Waals surface area contributed by atoms with E-state index in [1.165, 1.54) is 0 Å². The van der Waals surface area contributed by atoms with E-state index in [9.17, 15) is 10.1 Å². The Kier molecular flexibility index (Phi) is 5.14. The van der Waals surface area contributed by atoms with Gasteiger partial charge in [-0.15, -0.1) is 0 Å². The zero-order valence-corrected chi connectivity index (χ0v) is 14.2. The Labute approximate surface area is 147 Å². The molecule has 0 saturated carbocycles. The fraction of sp³-hybridized carbons (Fsp3) is 0.316. The zero-order chi connectivity index (χ0) is 17.6. The molecule has 2 aromatic rings. The van der Waals surface area contributed by atoms with Gasteiger partial charge in [-0.1, -0.05) is 30.3 Å². The Bertz CT molecular complexity index is 763. The molecule has 0 bridgehead atoms. The predicted octanol–water partition coefficient (Wildman–Crippen LogP) is 2.55. The first-order valence-corrected chi connectivity index (χ1v) is 8.39. The zero-order valence-electron chi connectivity index (χ0n) is 14.2. The number of pyridine rings is 1. The van der Waals surface area contributed by atoms with Crippen LogP contribution in [0.1, 0.15) is 24.1 Å². The van der Waals surface area contributed by atoms with Gasteiger partial charge in [0.05, 0.1) is 11.6 Å². The van der Waals surface area contributed by atoms with E-state index < -0.39 is 0 Å². The average molecular weight is 335 g/mol. The first-order chi connectivity index (χ1) is 12.2. The number of hydrogen-bond donors (Lipinski definition) is 1. The summed E-state index contributed by atoms with van der Waals surface area (Å²) in [5.41, 5.74) is 1.65. The minimum atomic E-state index is -0.0578. The first-order valence-electron chi connectivity index (χ1n) is 8.39. The molecule has 1 saturated heterocycles. The summed E-state index contributed by atoms with van der Waals surface area (Å²) >= 11 is 0. The molecule has 128 valence electrons. The number of nitrogens with zero attached hydrogens (tertiary/aromatic N) is 4. The van der Waals surface area contributed by atoms with Crippen molar-refractivity contribution in [2.75, 3.05) is 31.1 Å². The molecule has 1 aromatic heterocycles. The van der Waals surface area contributed by atoms with Crippen molar-refractivity contribution >= 4 is 11.8 Å². The number of aromatic nitrogens is 1. The number of anilines is 1. The summed E-state index contributed by atoms with van der Waals surface area (Å²) in [5.74, 6) is 0.697. The van der Waals surface area contributed by atoms with Crippen LogP contribution in [0, 0.1) is 11.3 Å². The monoisotopic (exact) mass is 335 g/mol. The number of piperazine rings is 1. The molecule has 1 unspecified atom stereocenters. The number of hydrogen-bond acceptors (Lipinski definition) is 4. The van der Waals surface area contributed by atoms with Crippen LogP contribution in [0.3, 0.4) is 0 Å². The van der Waals surface area contributed by atoms with Crippen molar-refractivity contribution in [3.63, 3.8) is 0 Å². The van der Waals surface area contributed by atoms with Gasteiger partial charge in [-0.3, -0.25) is 0 Å². The summed E-state index contributed by atoms with van der Waals surface area (Å²) < 4.78 is 0. The predicted molar refractivity (Wildman–Crippen MR) is 96.1 cm³/mol. The van der Waals surface area contributed by atoms with E-state index in [0.29, 0.717) is 37.6 Å². The second-order valence-corrected chi connectivity index (χ2v) is 6.04. The van der Waals surface area contributed by atoms with Crippen LogP contribution < -0.4 is 10.2 Å². The van der Waals surface area contributed by atoms with Gasteiger partial charge in [0.15, 0.2) is 0 Å². The van der Waals surface area contributed by atoms with Crippen LogP contribution >= 0.6 is 0 Å². The number of nitriles is 1. The van der Waals surface area contributed by atoms with Gasteiger partial charge < -0.3 is 15.1 Å². The third-order valence-corrected chi connectivity index (χ3v) is 4.41. The Hall–Kier alpha value is -3.07. The number of rotatable bonds is 3. The summed E-state index contributed by atoms with van der Waals surface area (Å²) in [7, 11) is 0. The molecule has 25 heavy (non-hydrogen) atoms. The topological polar surface area (TPSA) is 72.3 Å². The molecule has 3 rings (SSSR count). The number of carbonyl (C=O) groups excluding carboxylic acids is 1. The van der Waals surface area contributed by atoms with Crippen LogP contribution in [-0.4, -0.2) is 42.1 Å². The summed E-state index contributed by atoms with van der Waals surface area (Å²) in [4.78, 5) is 20.7. The van der Waals surface area contributed by atoms with E-state index >= 15 is 0 Å². The summed E-state index contributed by atoms with van der Waals surface area (Å²) in [6.45, 7) is 4.53. The lowest BCUT2D eigenvalue weighted by Gasteiger charge is -2.36. The lowest BCUT2D eigenvalue weighted by atomic mass is 10.1. The molecule has 1 atom stereocenters. The maximum atomic E-state index is 12.5. The van der Waals surface area contributed by atoms with Gasteiger partial charge in [-0.2, -0.15) is 5.26 Å². The molecule has 1 aliphatic rings. The van der Waals surface area contributed by atoms with Crippen LogP contribution in [-0.2, 0) is 0 Å². The third-order valence-electron chi connectivity index (χ3n) is 4.41. The largest absolute Gasteiger partial charge is 0.352 e. The van der Waals surface area contributed by atoms with Crippen LogP contribution in [0.2, 0.25) is 0 Å². The van der Waals surface area contributed by atoms with Gasteiger partial charge in [-0.05, 0) is 24.6 Å². The van der Waals surface area contributed by atoms with Crippen molar-refractivity contribution in [3.8, 4) is 6.07 Å². The quantitative estimate of drug-likeness (QED) is 0.935. The molecule has 2 heterocycles.